The summed E-state index contributed by atoms with van der Waals surface area (Å²) in [6, 6.07) is 16.8. The van der Waals surface area contributed by atoms with Crippen LogP contribution in [0.1, 0.15) is 44.9 Å². The van der Waals surface area contributed by atoms with Gasteiger partial charge >= 0.3 is 5.97 Å². The first-order chi connectivity index (χ1) is 16.8. The molecule has 0 spiro atoms. The molecule has 5 rings (SSSR count). The summed E-state index contributed by atoms with van der Waals surface area (Å²) in [5.74, 6) is -2.15. The molecule has 0 radical (unpaired) electrons. The molecule has 0 unspecified atom stereocenters. The number of amides is 2. The number of hydrogen-bond donors (Lipinski definition) is 0. The van der Waals surface area contributed by atoms with Crippen LogP contribution in [0.5, 0.6) is 0 Å². The molecule has 2 saturated heterocycles. The number of carbonyl (C=O) groups is 3. The van der Waals surface area contributed by atoms with Crippen LogP contribution in [0.4, 0.5) is 10.7 Å². The molecule has 7 nitrogen and oxygen atoms in total. The summed E-state index contributed by atoms with van der Waals surface area (Å²) in [7, 11) is 0. The van der Waals surface area contributed by atoms with Crippen LogP contribution in [0.25, 0.3) is 0 Å². The van der Waals surface area contributed by atoms with Crippen LogP contribution in [-0.4, -0.2) is 30.5 Å². The van der Waals surface area contributed by atoms with Crippen molar-refractivity contribution in [3.63, 3.8) is 0 Å². The number of rotatable bonds is 5. The van der Waals surface area contributed by atoms with Crippen LogP contribution in [0.15, 0.2) is 54.6 Å². The molecule has 180 valence electrons. The van der Waals surface area contributed by atoms with E-state index in [9.17, 15) is 14.4 Å². The fraction of sp³-hybridized carbons (Fsp3) is 0.296. The quantitative estimate of drug-likeness (QED) is 0.374. The minimum atomic E-state index is -0.994. The summed E-state index contributed by atoms with van der Waals surface area (Å²) < 4.78 is 5.24. The third-order valence-corrected chi connectivity index (χ3v) is 7.79. The van der Waals surface area contributed by atoms with E-state index in [1.54, 1.807) is 18.9 Å². The van der Waals surface area contributed by atoms with Gasteiger partial charge in [0.05, 0.1) is 23.9 Å². The highest BCUT2D eigenvalue weighted by Crippen LogP contribution is 2.49. The molecule has 0 bridgehead atoms. The molecular weight excluding hydrogens is 464 g/mol. The molecule has 0 aliphatic carbocycles. The van der Waals surface area contributed by atoms with E-state index in [1.165, 1.54) is 11.3 Å². The van der Waals surface area contributed by atoms with Gasteiger partial charge in [-0.25, -0.2) is 14.8 Å². The minimum Gasteiger partial charge on any atom is -0.462 e. The van der Waals surface area contributed by atoms with Crippen molar-refractivity contribution in [1.82, 2.24) is 0 Å². The molecule has 2 aromatic carbocycles. The van der Waals surface area contributed by atoms with Gasteiger partial charge in [-0.05, 0) is 51.0 Å². The lowest BCUT2D eigenvalue weighted by atomic mass is 9.90. The van der Waals surface area contributed by atoms with Gasteiger partial charge in [0.15, 0.2) is 6.10 Å². The molecule has 2 fully saturated rings. The number of esters is 1. The van der Waals surface area contributed by atoms with Crippen LogP contribution in [-0.2, 0) is 19.2 Å². The minimum absolute atomic E-state index is 0.199. The van der Waals surface area contributed by atoms with E-state index in [0.717, 1.165) is 26.6 Å². The zero-order valence-corrected chi connectivity index (χ0v) is 20.8. The summed E-state index contributed by atoms with van der Waals surface area (Å²) in [6.45, 7) is 7.58. The van der Waals surface area contributed by atoms with E-state index < -0.39 is 29.9 Å². The van der Waals surface area contributed by atoms with Crippen molar-refractivity contribution in [2.45, 2.75) is 39.8 Å². The zero-order valence-electron chi connectivity index (χ0n) is 20.0. The Kier molecular flexibility index (Phi) is 5.94. The number of nitrogens with zero attached hydrogens (tertiary/aromatic N) is 2. The number of hydrogen-bond acceptors (Lipinski definition) is 7. The SMILES string of the molecule is CCOC(=O)c1c(N2C(=O)[C@@H]3[C@H](ON(c4ccccc4)[C@H]3c3ccc(C)cc3)C2=O)sc(C)c1C. The molecular formula is C27H26N2O5S. The number of thiophene rings is 1. The largest absolute Gasteiger partial charge is 0.462 e. The maximum atomic E-state index is 13.9. The zero-order chi connectivity index (χ0) is 24.9. The summed E-state index contributed by atoms with van der Waals surface area (Å²) in [4.78, 5) is 48.5. The number of imide groups is 1. The van der Waals surface area contributed by atoms with Crippen molar-refractivity contribution >= 4 is 39.8 Å². The smallest absolute Gasteiger partial charge is 0.341 e. The average molecular weight is 491 g/mol. The normalized spacial score (nSPS) is 21.5. The second-order valence-electron chi connectivity index (χ2n) is 8.76. The molecule has 0 N–H and O–H groups in total. The van der Waals surface area contributed by atoms with Crippen LogP contribution >= 0.6 is 11.3 Å². The van der Waals surface area contributed by atoms with Gasteiger partial charge in [0.1, 0.15) is 10.9 Å². The Morgan fingerprint density at radius 1 is 1.00 bits per heavy atom. The Hall–Kier alpha value is -3.49. The van der Waals surface area contributed by atoms with Gasteiger partial charge < -0.3 is 4.74 Å². The molecule has 1 aromatic heterocycles. The maximum absolute atomic E-state index is 13.9. The first-order valence-corrected chi connectivity index (χ1v) is 12.4. The summed E-state index contributed by atoms with van der Waals surface area (Å²) >= 11 is 1.25. The first kappa shape index (κ1) is 23.3. The molecule has 3 atom stereocenters. The fourth-order valence-electron chi connectivity index (χ4n) is 4.73. The highest BCUT2D eigenvalue weighted by atomic mass is 32.1. The standard InChI is InChI=1S/C27H26N2O5S/c1-5-33-27(32)20-16(3)17(4)35-26(20)28-24(30)21-22(18-13-11-15(2)12-14-18)29(34-23(21)25(28)31)19-9-7-6-8-10-19/h6-14,21-23H,5H2,1-4H3/t21-,22-,23-/m0/s1. The maximum Gasteiger partial charge on any atom is 0.341 e. The van der Waals surface area contributed by atoms with E-state index in [-0.39, 0.29) is 18.1 Å². The molecule has 0 saturated carbocycles. The van der Waals surface area contributed by atoms with Crippen molar-refractivity contribution in [1.29, 1.82) is 0 Å². The number of anilines is 2. The lowest BCUT2D eigenvalue weighted by Gasteiger charge is -2.28. The number of benzene rings is 2. The van der Waals surface area contributed by atoms with Gasteiger partial charge in [-0.15, -0.1) is 11.3 Å². The summed E-state index contributed by atoms with van der Waals surface area (Å²) in [6.07, 6.45) is -0.994. The molecule has 2 amide bonds. The van der Waals surface area contributed by atoms with Gasteiger partial charge in [-0.2, -0.15) is 0 Å². The summed E-state index contributed by atoms with van der Waals surface area (Å²) in [5.41, 5.74) is 3.70. The Morgan fingerprint density at radius 3 is 2.34 bits per heavy atom. The monoisotopic (exact) mass is 490 g/mol. The van der Waals surface area contributed by atoms with Crippen molar-refractivity contribution in [2.24, 2.45) is 5.92 Å². The molecule has 35 heavy (non-hydrogen) atoms. The number of aryl methyl sites for hydroxylation is 2. The second kappa shape index (κ2) is 8.94. The molecule has 3 heterocycles. The van der Waals surface area contributed by atoms with Gasteiger partial charge in [0.25, 0.3) is 5.91 Å². The third-order valence-electron chi connectivity index (χ3n) is 6.59. The number of ether oxygens (including phenoxy) is 1. The fourth-order valence-corrected chi connectivity index (χ4v) is 5.88. The number of hydroxylamine groups is 1. The molecule has 8 heteroatoms. The first-order valence-electron chi connectivity index (χ1n) is 11.6. The van der Waals surface area contributed by atoms with E-state index in [1.807, 2.05) is 68.4 Å². The van der Waals surface area contributed by atoms with E-state index in [4.69, 9.17) is 9.57 Å². The topological polar surface area (TPSA) is 76.2 Å². The van der Waals surface area contributed by atoms with Crippen LogP contribution in [0, 0.1) is 26.7 Å². The van der Waals surface area contributed by atoms with Crippen LogP contribution in [0.2, 0.25) is 0 Å². The Morgan fingerprint density at radius 2 is 1.69 bits per heavy atom. The van der Waals surface area contributed by atoms with Gasteiger partial charge in [-0.1, -0.05) is 48.0 Å². The lowest BCUT2D eigenvalue weighted by molar-refractivity contribution is -0.126. The summed E-state index contributed by atoms with van der Waals surface area (Å²) in [5, 5.41) is 1.98. The van der Waals surface area contributed by atoms with Crippen molar-refractivity contribution in [3.05, 3.63) is 81.7 Å². The van der Waals surface area contributed by atoms with Gasteiger partial charge in [0.2, 0.25) is 5.91 Å². The average Bonchev–Trinajstić information content (AvgIpc) is 3.45. The predicted molar refractivity (Wildman–Crippen MR) is 133 cm³/mol. The van der Waals surface area contributed by atoms with Crippen molar-refractivity contribution in [2.75, 3.05) is 16.6 Å². The van der Waals surface area contributed by atoms with Gasteiger partial charge in [-0.3, -0.25) is 14.4 Å². The van der Waals surface area contributed by atoms with Crippen LogP contribution < -0.4 is 9.96 Å². The Labute approximate surface area is 207 Å². The van der Waals surface area contributed by atoms with Crippen molar-refractivity contribution in [3.8, 4) is 0 Å². The highest BCUT2D eigenvalue weighted by Gasteiger charge is 2.61. The molecule has 2 aliphatic rings. The van der Waals surface area contributed by atoms with E-state index in [0.29, 0.717) is 10.6 Å². The molecule has 2 aliphatic heterocycles. The van der Waals surface area contributed by atoms with E-state index >= 15 is 0 Å². The number of para-hydroxylation sites is 1. The lowest BCUT2D eigenvalue weighted by Crippen LogP contribution is -2.37. The Bertz CT molecular complexity index is 1300. The predicted octanol–water partition coefficient (Wildman–Crippen LogP) is 4.90. The highest BCUT2D eigenvalue weighted by molar-refractivity contribution is 7.17. The van der Waals surface area contributed by atoms with Gasteiger partial charge in [0, 0.05) is 4.88 Å². The molecule has 3 aromatic rings. The van der Waals surface area contributed by atoms with Crippen molar-refractivity contribution < 1.29 is 24.0 Å². The third kappa shape index (κ3) is 3.73. The Balaban J connectivity index is 1.59. The number of carbonyl (C=O) groups excluding carboxylic acids is 3. The van der Waals surface area contributed by atoms with Crippen LogP contribution in [0.3, 0.4) is 0 Å². The number of fused-ring (bicyclic) bond motifs is 1. The second-order valence-corrected chi connectivity index (χ2v) is 9.97. The van der Waals surface area contributed by atoms with E-state index in [2.05, 4.69) is 0 Å².